The molecule has 90 valence electrons. The normalized spacial score (nSPS) is 20.2. The molecule has 0 saturated carbocycles. The van der Waals surface area contributed by atoms with Crippen LogP contribution in [0.15, 0.2) is 24.3 Å². The number of rotatable bonds is 3. The molecule has 2 rings (SSSR count). The second-order valence-corrected chi connectivity index (χ2v) is 3.91. The highest BCUT2D eigenvalue weighted by Crippen LogP contribution is 2.10. The monoisotopic (exact) mass is 245 g/mol. The van der Waals surface area contributed by atoms with Gasteiger partial charge in [-0.2, -0.15) is 0 Å². The highest BCUT2D eigenvalue weighted by atomic mass is 35.5. The summed E-state index contributed by atoms with van der Waals surface area (Å²) in [4.78, 5) is 0. The quantitative estimate of drug-likeness (QED) is 0.884. The topological polar surface area (TPSA) is 21.3 Å². The maximum absolute atomic E-state index is 12.9. The summed E-state index contributed by atoms with van der Waals surface area (Å²) < 4.78 is 18.6. The summed E-state index contributed by atoms with van der Waals surface area (Å²) in [5.41, 5.74) is 0.903. The van der Waals surface area contributed by atoms with Crippen LogP contribution in [0.3, 0.4) is 0 Å². The maximum Gasteiger partial charge on any atom is 0.123 e. The maximum atomic E-state index is 12.9. The molecule has 1 aromatic rings. The average Bonchev–Trinajstić information content (AvgIpc) is 2.28. The smallest absolute Gasteiger partial charge is 0.123 e. The van der Waals surface area contributed by atoms with Crippen molar-refractivity contribution in [3.63, 3.8) is 0 Å². The highest BCUT2D eigenvalue weighted by molar-refractivity contribution is 5.85. The van der Waals surface area contributed by atoms with Crippen LogP contribution >= 0.6 is 12.4 Å². The first-order valence-corrected chi connectivity index (χ1v) is 5.41. The van der Waals surface area contributed by atoms with Crippen LogP contribution in [-0.4, -0.2) is 19.2 Å². The lowest BCUT2D eigenvalue weighted by molar-refractivity contribution is 0.0252. The lowest BCUT2D eigenvalue weighted by Gasteiger charge is -2.23. The molecule has 1 fully saturated rings. The predicted octanol–water partition coefficient (Wildman–Crippen LogP) is 2.52. The van der Waals surface area contributed by atoms with Crippen molar-refractivity contribution in [3.8, 4) is 0 Å². The van der Waals surface area contributed by atoms with Gasteiger partial charge in [0.2, 0.25) is 0 Å². The van der Waals surface area contributed by atoms with Gasteiger partial charge in [0.25, 0.3) is 0 Å². The Labute approximate surface area is 102 Å². The average molecular weight is 246 g/mol. The zero-order valence-electron chi connectivity index (χ0n) is 9.12. The first-order chi connectivity index (χ1) is 7.34. The van der Waals surface area contributed by atoms with Crippen molar-refractivity contribution < 1.29 is 9.13 Å². The minimum absolute atomic E-state index is 0. The van der Waals surface area contributed by atoms with Gasteiger partial charge < -0.3 is 10.1 Å². The van der Waals surface area contributed by atoms with Crippen LogP contribution in [0, 0.1) is 5.82 Å². The number of piperidine rings is 1. The van der Waals surface area contributed by atoms with E-state index in [-0.39, 0.29) is 24.3 Å². The van der Waals surface area contributed by atoms with E-state index in [1.54, 1.807) is 6.07 Å². The second-order valence-electron chi connectivity index (χ2n) is 3.91. The Morgan fingerprint density at radius 3 is 3.00 bits per heavy atom. The molecule has 1 heterocycles. The van der Waals surface area contributed by atoms with E-state index in [0.717, 1.165) is 31.5 Å². The summed E-state index contributed by atoms with van der Waals surface area (Å²) in [7, 11) is 0. The Hall–Kier alpha value is -0.640. The molecule has 1 aromatic carbocycles. The summed E-state index contributed by atoms with van der Waals surface area (Å²) in [6.45, 7) is 2.50. The van der Waals surface area contributed by atoms with E-state index < -0.39 is 0 Å². The van der Waals surface area contributed by atoms with Crippen LogP contribution in [0.25, 0.3) is 0 Å². The Morgan fingerprint density at radius 1 is 1.44 bits per heavy atom. The van der Waals surface area contributed by atoms with Gasteiger partial charge in [-0.1, -0.05) is 12.1 Å². The number of hydrogen-bond donors (Lipinski definition) is 1. The highest BCUT2D eigenvalue weighted by Gasteiger charge is 2.12. The van der Waals surface area contributed by atoms with Gasteiger partial charge in [0.15, 0.2) is 0 Å². The zero-order chi connectivity index (χ0) is 10.5. The molecule has 1 aliphatic heterocycles. The van der Waals surface area contributed by atoms with E-state index >= 15 is 0 Å². The molecular formula is C12H17ClFNO. The van der Waals surface area contributed by atoms with Crippen molar-refractivity contribution in [2.75, 3.05) is 13.1 Å². The molecule has 16 heavy (non-hydrogen) atoms. The summed E-state index contributed by atoms with van der Waals surface area (Å²) in [6.07, 6.45) is 2.54. The first kappa shape index (κ1) is 13.4. The SMILES string of the molecule is Cl.Fc1cccc(COC2CCCNC2)c1. The molecule has 0 amide bonds. The van der Waals surface area contributed by atoms with Crippen molar-refractivity contribution in [1.82, 2.24) is 5.32 Å². The third-order valence-corrected chi connectivity index (χ3v) is 2.63. The van der Waals surface area contributed by atoms with E-state index in [0.29, 0.717) is 6.61 Å². The molecule has 4 heteroatoms. The van der Waals surface area contributed by atoms with E-state index in [4.69, 9.17) is 4.74 Å². The second kappa shape index (κ2) is 6.84. The fourth-order valence-electron chi connectivity index (χ4n) is 1.80. The van der Waals surface area contributed by atoms with Gasteiger partial charge in [-0.25, -0.2) is 4.39 Å². The number of halogens is 2. The van der Waals surface area contributed by atoms with E-state index in [1.165, 1.54) is 12.1 Å². The van der Waals surface area contributed by atoms with Crippen LogP contribution in [0.1, 0.15) is 18.4 Å². The first-order valence-electron chi connectivity index (χ1n) is 5.41. The zero-order valence-corrected chi connectivity index (χ0v) is 9.93. The van der Waals surface area contributed by atoms with E-state index in [9.17, 15) is 4.39 Å². The van der Waals surface area contributed by atoms with Crippen molar-refractivity contribution in [2.45, 2.75) is 25.6 Å². The molecule has 0 bridgehead atoms. The fourth-order valence-corrected chi connectivity index (χ4v) is 1.80. The third kappa shape index (κ3) is 4.08. The number of ether oxygens (including phenoxy) is 1. The number of nitrogens with one attached hydrogen (secondary N) is 1. The summed E-state index contributed by atoms with van der Waals surface area (Å²) in [5, 5.41) is 3.28. The Kier molecular flexibility index (Phi) is 5.74. The largest absolute Gasteiger partial charge is 0.372 e. The lowest BCUT2D eigenvalue weighted by Crippen LogP contribution is -2.35. The lowest BCUT2D eigenvalue weighted by atomic mass is 10.1. The standard InChI is InChI=1S/C12H16FNO.ClH/c13-11-4-1-3-10(7-11)9-15-12-5-2-6-14-8-12;/h1,3-4,7,12,14H,2,5-6,8-9H2;1H. The number of benzene rings is 1. The molecule has 1 atom stereocenters. The van der Waals surface area contributed by atoms with E-state index in [1.807, 2.05) is 6.07 Å². The molecular weight excluding hydrogens is 229 g/mol. The molecule has 1 unspecified atom stereocenters. The van der Waals surface area contributed by atoms with Gasteiger partial charge in [0.1, 0.15) is 5.82 Å². The van der Waals surface area contributed by atoms with Gasteiger partial charge >= 0.3 is 0 Å². The molecule has 0 radical (unpaired) electrons. The van der Waals surface area contributed by atoms with Gasteiger partial charge in [0, 0.05) is 6.54 Å². The molecule has 1 saturated heterocycles. The van der Waals surface area contributed by atoms with Crippen molar-refractivity contribution in [3.05, 3.63) is 35.6 Å². The Balaban J connectivity index is 0.00000128. The van der Waals surface area contributed by atoms with Crippen LogP contribution < -0.4 is 5.32 Å². The molecule has 0 aliphatic carbocycles. The van der Waals surface area contributed by atoms with Gasteiger partial charge in [-0.3, -0.25) is 0 Å². The molecule has 1 N–H and O–H groups in total. The van der Waals surface area contributed by atoms with Gasteiger partial charge in [-0.15, -0.1) is 12.4 Å². The summed E-state index contributed by atoms with van der Waals surface area (Å²) >= 11 is 0. The minimum atomic E-state index is -0.196. The third-order valence-electron chi connectivity index (χ3n) is 2.63. The van der Waals surface area contributed by atoms with Crippen LogP contribution in [0.5, 0.6) is 0 Å². The van der Waals surface area contributed by atoms with Crippen LogP contribution in [0.2, 0.25) is 0 Å². The molecule has 0 spiro atoms. The predicted molar refractivity (Wildman–Crippen MR) is 64.3 cm³/mol. The van der Waals surface area contributed by atoms with Gasteiger partial charge in [-0.05, 0) is 37.1 Å². The van der Waals surface area contributed by atoms with Crippen molar-refractivity contribution >= 4 is 12.4 Å². The van der Waals surface area contributed by atoms with E-state index in [2.05, 4.69) is 5.32 Å². The fraction of sp³-hybridized carbons (Fsp3) is 0.500. The molecule has 2 nitrogen and oxygen atoms in total. The Bertz CT molecular complexity index is 316. The minimum Gasteiger partial charge on any atom is -0.372 e. The molecule has 1 aliphatic rings. The summed E-state index contributed by atoms with van der Waals surface area (Å²) in [5.74, 6) is -0.196. The van der Waals surface area contributed by atoms with Crippen molar-refractivity contribution in [2.24, 2.45) is 0 Å². The summed E-state index contributed by atoms with van der Waals surface area (Å²) in [6, 6.07) is 6.58. The van der Waals surface area contributed by atoms with Crippen LogP contribution in [-0.2, 0) is 11.3 Å². The van der Waals surface area contributed by atoms with Crippen LogP contribution in [0.4, 0.5) is 4.39 Å². The number of hydrogen-bond acceptors (Lipinski definition) is 2. The van der Waals surface area contributed by atoms with Gasteiger partial charge in [0.05, 0.1) is 12.7 Å². The van der Waals surface area contributed by atoms with Crippen molar-refractivity contribution in [1.29, 1.82) is 0 Å². The Morgan fingerprint density at radius 2 is 2.31 bits per heavy atom. The molecule has 0 aromatic heterocycles.